The second-order valence-electron chi connectivity index (χ2n) is 6.46. The van der Waals surface area contributed by atoms with Crippen LogP contribution in [0.5, 0.6) is 0 Å². The number of nitrogens with one attached hydrogen (secondary N) is 1. The summed E-state index contributed by atoms with van der Waals surface area (Å²) in [6.45, 7) is 9.54. The molecule has 3 nitrogen and oxygen atoms in total. The number of carbonyl (C=O) groups excluding carboxylic acids is 1. The maximum atomic E-state index is 12.7. The second kappa shape index (κ2) is 4.60. The Balaban J connectivity index is 2.08. The van der Waals surface area contributed by atoms with Gasteiger partial charge in [-0.25, -0.2) is 0 Å². The first kappa shape index (κ1) is 12.9. The van der Waals surface area contributed by atoms with E-state index in [2.05, 4.69) is 31.0 Å². The van der Waals surface area contributed by atoms with E-state index in [0.717, 1.165) is 45.3 Å². The average molecular weight is 238 g/mol. The van der Waals surface area contributed by atoms with E-state index < -0.39 is 0 Å². The van der Waals surface area contributed by atoms with Crippen molar-refractivity contribution < 1.29 is 4.79 Å². The fraction of sp³-hybridized carbons (Fsp3) is 0.929. The normalized spacial score (nSPS) is 32.8. The molecule has 1 unspecified atom stereocenters. The molecule has 0 aliphatic carbocycles. The molecule has 0 radical (unpaired) electrons. The number of hydrogen-bond donors (Lipinski definition) is 1. The summed E-state index contributed by atoms with van der Waals surface area (Å²) < 4.78 is 0. The molecule has 0 aromatic heterocycles. The highest BCUT2D eigenvalue weighted by atomic mass is 16.2. The van der Waals surface area contributed by atoms with Gasteiger partial charge in [0.05, 0.1) is 5.54 Å². The molecule has 0 aromatic carbocycles. The van der Waals surface area contributed by atoms with E-state index in [4.69, 9.17) is 0 Å². The van der Waals surface area contributed by atoms with Crippen molar-refractivity contribution in [3.63, 3.8) is 0 Å². The van der Waals surface area contributed by atoms with Gasteiger partial charge in [-0.2, -0.15) is 0 Å². The second-order valence-corrected chi connectivity index (χ2v) is 6.46. The van der Waals surface area contributed by atoms with E-state index in [-0.39, 0.29) is 5.54 Å². The molecular formula is C14H26N2O. The van der Waals surface area contributed by atoms with Crippen LogP contribution in [0, 0.1) is 5.41 Å². The minimum absolute atomic E-state index is 0.243. The van der Waals surface area contributed by atoms with Crippen LogP contribution in [-0.2, 0) is 4.79 Å². The first-order valence-electron chi connectivity index (χ1n) is 7.04. The van der Waals surface area contributed by atoms with Crippen molar-refractivity contribution in [2.24, 2.45) is 5.41 Å². The predicted molar refractivity (Wildman–Crippen MR) is 69.9 cm³/mol. The van der Waals surface area contributed by atoms with Crippen molar-refractivity contribution >= 4 is 5.91 Å². The Bertz CT molecular complexity index is 293. The van der Waals surface area contributed by atoms with E-state index in [9.17, 15) is 4.79 Å². The third-order valence-electron chi connectivity index (χ3n) is 4.44. The van der Waals surface area contributed by atoms with Gasteiger partial charge < -0.3 is 10.2 Å². The summed E-state index contributed by atoms with van der Waals surface area (Å²) in [5.74, 6) is 0.352. The van der Waals surface area contributed by atoms with Crippen molar-refractivity contribution in [3.8, 4) is 0 Å². The van der Waals surface area contributed by atoms with Gasteiger partial charge in [-0.05, 0) is 44.1 Å². The third kappa shape index (κ3) is 2.49. The molecule has 2 rings (SSSR count). The van der Waals surface area contributed by atoms with E-state index in [0.29, 0.717) is 11.3 Å². The molecule has 17 heavy (non-hydrogen) atoms. The minimum Gasteiger partial charge on any atom is -0.341 e. The summed E-state index contributed by atoms with van der Waals surface area (Å²) in [5.41, 5.74) is 0.0505. The van der Waals surface area contributed by atoms with Crippen molar-refractivity contribution in [1.29, 1.82) is 0 Å². The Morgan fingerprint density at radius 2 is 2.06 bits per heavy atom. The SMILES string of the molecule is CCC1(C(=O)N2CCCC(C)(C)C2)CCCN1. The molecule has 2 aliphatic heterocycles. The van der Waals surface area contributed by atoms with Gasteiger partial charge in [0, 0.05) is 13.1 Å². The van der Waals surface area contributed by atoms with Crippen LogP contribution < -0.4 is 5.32 Å². The smallest absolute Gasteiger partial charge is 0.242 e. The first-order valence-corrected chi connectivity index (χ1v) is 7.04. The molecular weight excluding hydrogens is 212 g/mol. The zero-order valence-electron chi connectivity index (χ0n) is 11.5. The van der Waals surface area contributed by atoms with Crippen molar-refractivity contribution in [1.82, 2.24) is 10.2 Å². The Kier molecular flexibility index (Phi) is 3.48. The van der Waals surface area contributed by atoms with Crippen LogP contribution in [0.2, 0.25) is 0 Å². The lowest BCUT2D eigenvalue weighted by molar-refractivity contribution is -0.141. The lowest BCUT2D eigenvalue weighted by atomic mass is 9.82. The van der Waals surface area contributed by atoms with Gasteiger partial charge in [0.15, 0.2) is 0 Å². The Morgan fingerprint density at radius 3 is 2.59 bits per heavy atom. The zero-order valence-corrected chi connectivity index (χ0v) is 11.5. The average Bonchev–Trinajstić information content (AvgIpc) is 2.76. The highest BCUT2D eigenvalue weighted by Gasteiger charge is 2.43. The van der Waals surface area contributed by atoms with Gasteiger partial charge in [-0.15, -0.1) is 0 Å². The predicted octanol–water partition coefficient (Wildman–Crippen LogP) is 2.17. The number of piperidine rings is 1. The summed E-state index contributed by atoms with van der Waals surface area (Å²) in [7, 11) is 0. The summed E-state index contributed by atoms with van der Waals surface area (Å²) >= 11 is 0. The molecule has 1 atom stereocenters. The molecule has 1 amide bonds. The largest absolute Gasteiger partial charge is 0.341 e. The number of hydrogen-bond acceptors (Lipinski definition) is 2. The lowest BCUT2D eigenvalue weighted by Crippen LogP contribution is -2.57. The van der Waals surface area contributed by atoms with Crippen LogP contribution in [0.15, 0.2) is 0 Å². The van der Waals surface area contributed by atoms with Gasteiger partial charge in [0.2, 0.25) is 5.91 Å². The fourth-order valence-electron chi connectivity index (χ4n) is 3.34. The maximum Gasteiger partial charge on any atom is 0.242 e. The number of amides is 1. The summed E-state index contributed by atoms with van der Waals surface area (Å²) in [6, 6.07) is 0. The van der Waals surface area contributed by atoms with Gasteiger partial charge in [-0.3, -0.25) is 4.79 Å². The molecule has 1 N–H and O–H groups in total. The standard InChI is InChI=1S/C14H26N2O/c1-4-14(8-5-9-15-14)12(17)16-10-6-7-13(2,3)11-16/h15H,4-11H2,1-3H3. The molecule has 98 valence electrons. The van der Waals surface area contributed by atoms with Crippen molar-refractivity contribution in [3.05, 3.63) is 0 Å². The Labute approximate surface area is 105 Å². The summed E-state index contributed by atoms with van der Waals surface area (Å²) in [5, 5.41) is 3.45. The Morgan fingerprint density at radius 1 is 1.29 bits per heavy atom. The molecule has 2 aliphatic rings. The van der Waals surface area contributed by atoms with Crippen LogP contribution in [0.25, 0.3) is 0 Å². The minimum atomic E-state index is -0.243. The first-order chi connectivity index (χ1) is 7.99. The number of likely N-dealkylation sites (tertiary alicyclic amines) is 1. The number of rotatable bonds is 2. The molecule has 2 heterocycles. The topological polar surface area (TPSA) is 32.3 Å². The van der Waals surface area contributed by atoms with E-state index in [1.807, 2.05) is 0 Å². The quantitative estimate of drug-likeness (QED) is 0.799. The molecule has 2 fully saturated rings. The third-order valence-corrected chi connectivity index (χ3v) is 4.44. The van der Waals surface area contributed by atoms with Crippen LogP contribution in [0.3, 0.4) is 0 Å². The van der Waals surface area contributed by atoms with Crippen molar-refractivity contribution in [2.45, 2.75) is 58.4 Å². The van der Waals surface area contributed by atoms with E-state index in [1.54, 1.807) is 0 Å². The van der Waals surface area contributed by atoms with Gasteiger partial charge in [0.1, 0.15) is 0 Å². The van der Waals surface area contributed by atoms with E-state index >= 15 is 0 Å². The highest BCUT2D eigenvalue weighted by Crippen LogP contribution is 2.32. The molecule has 0 spiro atoms. The monoisotopic (exact) mass is 238 g/mol. The fourth-order valence-corrected chi connectivity index (χ4v) is 3.34. The van der Waals surface area contributed by atoms with Crippen LogP contribution in [-0.4, -0.2) is 36.0 Å². The molecule has 0 bridgehead atoms. The van der Waals surface area contributed by atoms with Crippen LogP contribution in [0.4, 0.5) is 0 Å². The lowest BCUT2D eigenvalue weighted by Gasteiger charge is -2.42. The van der Waals surface area contributed by atoms with E-state index in [1.165, 1.54) is 6.42 Å². The molecule has 3 heteroatoms. The molecule has 0 saturated carbocycles. The number of carbonyl (C=O) groups is 1. The maximum absolute atomic E-state index is 12.7. The van der Waals surface area contributed by atoms with Crippen molar-refractivity contribution in [2.75, 3.05) is 19.6 Å². The van der Waals surface area contributed by atoms with Crippen LogP contribution >= 0.6 is 0 Å². The number of nitrogens with zero attached hydrogens (tertiary/aromatic N) is 1. The Hall–Kier alpha value is -0.570. The molecule has 2 saturated heterocycles. The van der Waals surface area contributed by atoms with Gasteiger partial charge >= 0.3 is 0 Å². The van der Waals surface area contributed by atoms with Gasteiger partial charge in [0.25, 0.3) is 0 Å². The molecule has 0 aromatic rings. The highest BCUT2D eigenvalue weighted by molar-refractivity contribution is 5.86. The summed E-state index contributed by atoms with van der Waals surface area (Å²) in [6.07, 6.45) is 5.46. The van der Waals surface area contributed by atoms with Crippen LogP contribution in [0.1, 0.15) is 52.9 Å². The zero-order chi connectivity index (χ0) is 12.5. The summed E-state index contributed by atoms with van der Waals surface area (Å²) in [4.78, 5) is 14.8. The van der Waals surface area contributed by atoms with Gasteiger partial charge in [-0.1, -0.05) is 20.8 Å².